The second-order valence-corrected chi connectivity index (χ2v) is 6.18. The Hall–Kier alpha value is -1.56. The summed E-state index contributed by atoms with van der Waals surface area (Å²) in [6, 6.07) is 4.99. The van der Waals surface area contributed by atoms with Gasteiger partial charge in [-0.1, -0.05) is 6.07 Å². The predicted octanol–water partition coefficient (Wildman–Crippen LogP) is 1.44. The Morgan fingerprint density at radius 2 is 2.11 bits per heavy atom. The van der Waals surface area contributed by atoms with Crippen LogP contribution in [0, 0.1) is 0 Å². The first-order valence-corrected chi connectivity index (χ1v) is 7.32. The van der Waals surface area contributed by atoms with Crippen molar-refractivity contribution in [3.8, 4) is 5.75 Å². The first-order chi connectivity index (χ1) is 8.51. The van der Waals surface area contributed by atoms with Crippen LogP contribution < -0.4 is 9.04 Å². The highest BCUT2D eigenvalue weighted by molar-refractivity contribution is 7.92. The van der Waals surface area contributed by atoms with E-state index in [2.05, 4.69) is 0 Å². The van der Waals surface area contributed by atoms with Gasteiger partial charge in [-0.25, -0.2) is 8.42 Å². The summed E-state index contributed by atoms with van der Waals surface area (Å²) in [5.41, 5.74) is 0.788. The standard InChI is InChI=1S/C12H15NO4S/c1-3-18(15,16)13-8-7-10(14)9-5-4-6-11(17-2)12(9)13/h4-6H,3,7-8H2,1-2H3. The fraction of sp³-hybridized carbons (Fsp3) is 0.417. The molecule has 0 N–H and O–H groups in total. The molecule has 18 heavy (non-hydrogen) atoms. The number of benzene rings is 1. The second kappa shape index (κ2) is 4.61. The molecule has 2 rings (SSSR count). The van der Waals surface area contributed by atoms with Crippen LogP contribution in [0.2, 0.25) is 0 Å². The van der Waals surface area contributed by atoms with Crippen LogP contribution in [-0.2, 0) is 10.0 Å². The molecule has 0 bridgehead atoms. The van der Waals surface area contributed by atoms with Crippen LogP contribution in [0.3, 0.4) is 0 Å². The van der Waals surface area contributed by atoms with Crippen molar-refractivity contribution in [1.29, 1.82) is 0 Å². The number of nitrogens with zero attached hydrogens (tertiary/aromatic N) is 1. The molecule has 1 aliphatic rings. The van der Waals surface area contributed by atoms with Gasteiger partial charge in [0.15, 0.2) is 5.78 Å². The minimum atomic E-state index is -3.39. The monoisotopic (exact) mass is 269 g/mol. The highest BCUT2D eigenvalue weighted by Crippen LogP contribution is 2.37. The summed E-state index contributed by atoms with van der Waals surface area (Å²) < 4.78 is 30.6. The average Bonchev–Trinajstić information content (AvgIpc) is 2.38. The number of carbonyl (C=O) groups excluding carboxylic acids is 1. The fourth-order valence-electron chi connectivity index (χ4n) is 2.05. The molecule has 6 heteroatoms. The Morgan fingerprint density at radius 1 is 1.39 bits per heavy atom. The average molecular weight is 269 g/mol. The third-order valence-corrected chi connectivity index (χ3v) is 4.78. The summed E-state index contributed by atoms with van der Waals surface area (Å²) in [7, 11) is -1.93. The molecule has 0 aromatic heterocycles. The maximum Gasteiger partial charge on any atom is 0.235 e. The number of ether oxygens (including phenoxy) is 1. The summed E-state index contributed by atoms with van der Waals surface area (Å²) >= 11 is 0. The third kappa shape index (κ3) is 1.96. The van der Waals surface area contributed by atoms with Gasteiger partial charge in [0, 0.05) is 18.5 Å². The number of fused-ring (bicyclic) bond motifs is 1. The first kappa shape index (κ1) is 12.9. The van der Waals surface area contributed by atoms with Gasteiger partial charge >= 0.3 is 0 Å². The molecule has 0 unspecified atom stereocenters. The second-order valence-electron chi connectivity index (χ2n) is 4.00. The van der Waals surface area contributed by atoms with Crippen LogP contribution in [0.5, 0.6) is 5.75 Å². The summed E-state index contributed by atoms with van der Waals surface area (Å²) in [5.74, 6) is 0.364. The van der Waals surface area contributed by atoms with E-state index in [1.165, 1.54) is 11.4 Å². The number of carbonyl (C=O) groups is 1. The molecule has 98 valence electrons. The Bertz CT molecular complexity index is 580. The SMILES string of the molecule is CCS(=O)(=O)N1CCC(=O)c2cccc(OC)c21. The van der Waals surface area contributed by atoms with Gasteiger partial charge in [-0.05, 0) is 19.1 Å². The number of hydrogen-bond acceptors (Lipinski definition) is 4. The molecule has 0 fully saturated rings. The number of Topliss-reactive ketones (excluding diaryl/α,β-unsaturated/α-hetero) is 1. The van der Waals surface area contributed by atoms with E-state index in [4.69, 9.17) is 4.74 Å². The highest BCUT2D eigenvalue weighted by Gasteiger charge is 2.32. The van der Waals surface area contributed by atoms with E-state index in [1.54, 1.807) is 25.1 Å². The zero-order valence-electron chi connectivity index (χ0n) is 10.3. The highest BCUT2D eigenvalue weighted by atomic mass is 32.2. The summed E-state index contributed by atoms with van der Waals surface area (Å²) in [5, 5.41) is 0. The molecule has 1 aliphatic heterocycles. The first-order valence-electron chi connectivity index (χ1n) is 5.72. The fourth-order valence-corrected chi connectivity index (χ4v) is 3.20. The number of para-hydroxylation sites is 1. The quantitative estimate of drug-likeness (QED) is 0.833. The molecular formula is C12H15NO4S. The molecule has 0 atom stereocenters. The van der Waals surface area contributed by atoms with E-state index >= 15 is 0 Å². The van der Waals surface area contributed by atoms with Crippen LogP contribution in [0.4, 0.5) is 5.69 Å². The Kier molecular flexibility index (Phi) is 3.30. The van der Waals surface area contributed by atoms with Crippen molar-refractivity contribution in [2.24, 2.45) is 0 Å². The van der Waals surface area contributed by atoms with Crippen LogP contribution in [0.25, 0.3) is 0 Å². The van der Waals surface area contributed by atoms with E-state index in [1.807, 2.05) is 0 Å². The zero-order chi connectivity index (χ0) is 13.3. The molecule has 1 aromatic rings. The van der Waals surface area contributed by atoms with Gasteiger partial charge in [-0.2, -0.15) is 0 Å². The van der Waals surface area contributed by atoms with Crippen LogP contribution >= 0.6 is 0 Å². The van der Waals surface area contributed by atoms with E-state index in [0.29, 0.717) is 17.0 Å². The van der Waals surface area contributed by atoms with E-state index in [0.717, 1.165) is 0 Å². The molecule has 1 heterocycles. The van der Waals surface area contributed by atoms with Crippen molar-refractivity contribution in [1.82, 2.24) is 0 Å². The third-order valence-electron chi connectivity index (χ3n) is 3.01. The number of sulfonamides is 1. The topological polar surface area (TPSA) is 63.7 Å². The number of hydrogen-bond donors (Lipinski definition) is 0. The normalized spacial score (nSPS) is 15.4. The number of rotatable bonds is 3. The molecule has 0 saturated heterocycles. The minimum Gasteiger partial charge on any atom is -0.495 e. The predicted molar refractivity (Wildman–Crippen MR) is 68.7 cm³/mol. The molecule has 5 nitrogen and oxygen atoms in total. The van der Waals surface area contributed by atoms with Crippen LogP contribution in [0.1, 0.15) is 23.7 Å². The van der Waals surface area contributed by atoms with Gasteiger partial charge in [0.1, 0.15) is 11.4 Å². The van der Waals surface area contributed by atoms with E-state index in [-0.39, 0.29) is 24.5 Å². The van der Waals surface area contributed by atoms with Crippen molar-refractivity contribution >= 4 is 21.5 Å². The zero-order valence-corrected chi connectivity index (χ0v) is 11.2. The Balaban J connectivity index is 2.66. The van der Waals surface area contributed by atoms with Gasteiger partial charge in [0.05, 0.1) is 12.9 Å². The Labute approximate surface area is 106 Å². The number of ketones is 1. The molecule has 1 aromatic carbocycles. The van der Waals surface area contributed by atoms with Crippen molar-refractivity contribution in [3.05, 3.63) is 23.8 Å². The van der Waals surface area contributed by atoms with Gasteiger partial charge in [0.2, 0.25) is 10.0 Å². The van der Waals surface area contributed by atoms with Gasteiger partial charge in [-0.3, -0.25) is 9.10 Å². The lowest BCUT2D eigenvalue weighted by Crippen LogP contribution is -2.38. The largest absolute Gasteiger partial charge is 0.495 e. The maximum atomic E-state index is 12.1. The van der Waals surface area contributed by atoms with Crippen LogP contribution in [0.15, 0.2) is 18.2 Å². The molecule has 0 aliphatic carbocycles. The van der Waals surface area contributed by atoms with Crippen LogP contribution in [-0.4, -0.2) is 33.6 Å². The van der Waals surface area contributed by atoms with Crippen molar-refractivity contribution < 1.29 is 17.9 Å². The number of anilines is 1. The molecule has 0 spiro atoms. The summed E-state index contributed by atoms with van der Waals surface area (Å²) in [6.07, 6.45) is 0.208. The maximum absolute atomic E-state index is 12.1. The van der Waals surface area contributed by atoms with E-state index < -0.39 is 10.0 Å². The van der Waals surface area contributed by atoms with Gasteiger partial charge in [-0.15, -0.1) is 0 Å². The lowest BCUT2D eigenvalue weighted by atomic mass is 10.0. The Morgan fingerprint density at radius 3 is 2.72 bits per heavy atom. The smallest absolute Gasteiger partial charge is 0.235 e. The van der Waals surface area contributed by atoms with Crippen molar-refractivity contribution in [3.63, 3.8) is 0 Å². The van der Waals surface area contributed by atoms with Gasteiger partial charge in [0.25, 0.3) is 0 Å². The molecule has 0 amide bonds. The van der Waals surface area contributed by atoms with E-state index in [9.17, 15) is 13.2 Å². The van der Waals surface area contributed by atoms with Crippen molar-refractivity contribution in [2.75, 3.05) is 23.7 Å². The lowest BCUT2D eigenvalue weighted by molar-refractivity contribution is 0.0981. The molecular weight excluding hydrogens is 254 g/mol. The summed E-state index contributed by atoms with van der Waals surface area (Å²) in [6.45, 7) is 1.77. The molecule has 0 saturated carbocycles. The summed E-state index contributed by atoms with van der Waals surface area (Å²) in [4.78, 5) is 11.8. The number of methoxy groups -OCH3 is 1. The molecule has 0 radical (unpaired) electrons. The van der Waals surface area contributed by atoms with Gasteiger partial charge < -0.3 is 4.74 Å². The lowest BCUT2D eigenvalue weighted by Gasteiger charge is -2.30. The minimum absolute atomic E-state index is 0.00131. The van der Waals surface area contributed by atoms with Crippen molar-refractivity contribution in [2.45, 2.75) is 13.3 Å².